The molecule has 9 heteroatoms. The number of carbonyl (C=O) groups is 1. The number of nitro benzene ring substituents is 2. The van der Waals surface area contributed by atoms with Gasteiger partial charge in [-0.1, -0.05) is 0 Å². The van der Waals surface area contributed by atoms with E-state index >= 15 is 0 Å². The zero-order valence-corrected chi connectivity index (χ0v) is 14.1. The van der Waals surface area contributed by atoms with Crippen molar-refractivity contribution in [1.29, 1.82) is 0 Å². The molecule has 27 heavy (non-hydrogen) atoms. The van der Waals surface area contributed by atoms with Crippen LogP contribution < -0.4 is 4.90 Å². The fraction of sp³-hybridized carbons (Fsp3) is 0.278. The molecule has 4 rings (SSSR count). The molecule has 2 fully saturated rings. The summed E-state index contributed by atoms with van der Waals surface area (Å²) in [7, 11) is 0. The number of β-lactam (4-membered cyclic amide) rings is 1. The highest BCUT2D eigenvalue weighted by molar-refractivity contribution is 6.08. The van der Waals surface area contributed by atoms with Crippen molar-refractivity contribution in [2.24, 2.45) is 0 Å². The van der Waals surface area contributed by atoms with Crippen LogP contribution in [0.2, 0.25) is 0 Å². The lowest BCUT2D eigenvalue weighted by molar-refractivity contribution is -0.385. The molecule has 0 radical (unpaired) electrons. The topological polar surface area (TPSA) is 116 Å². The molecule has 138 valence electrons. The molecule has 0 saturated carbocycles. The number of amides is 1. The van der Waals surface area contributed by atoms with E-state index in [1.165, 1.54) is 41.3 Å². The Labute approximate surface area is 153 Å². The van der Waals surface area contributed by atoms with Crippen LogP contribution in [0.25, 0.3) is 0 Å². The minimum atomic E-state index is -0.974. The fourth-order valence-electron chi connectivity index (χ4n) is 3.82. The molecule has 2 aromatic rings. The highest BCUT2D eigenvalue weighted by atomic mass is 16.6. The molecule has 2 aliphatic rings. The van der Waals surface area contributed by atoms with Crippen LogP contribution in [0.5, 0.6) is 0 Å². The highest BCUT2D eigenvalue weighted by Gasteiger charge is 2.64. The Morgan fingerprint density at radius 2 is 1.52 bits per heavy atom. The predicted octanol–water partition coefficient (Wildman–Crippen LogP) is 3.14. The summed E-state index contributed by atoms with van der Waals surface area (Å²) in [6, 6.07) is 11.3. The van der Waals surface area contributed by atoms with Gasteiger partial charge >= 0.3 is 0 Å². The fourth-order valence-corrected chi connectivity index (χ4v) is 3.82. The van der Waals surface area contributed by atoms with Gasteiger partial charge in [-0.3, -0.25) is 29.9 Å². The van der Waals surface area contributed by atoms with E-state index in [9.17, 15) is 25.0 Å². The van der Waals surface area contributed by atoms with Gasteiger partial charge in [0, 0.05) is 36.6 Å². The van der Waals surface area contributed by atoms with Crippen LogP contribution in [0.4, 0.5) is 17.1 Å². The SMILES string of the molecule is O=C1N(c2ccc([N+](=O)[O-])cc2)[C@H](c2ccc([N+](=O)[O-])cc2)[C@@]12CCCO2. The number of hydrogen-bond acceptors (Lipinski definition) is 6. The molecule has 2 aliphatic heterocycles. The summed E-state index contributed by atoms with van der Waals surface area (Å²) >= 11 is 0. The van der Waals surface area contributed by atoms with Crippen molar-refractivity contribution in [1.82, 2.24) is 0 Å². The first kappa shape index (κ1) is 17.1. The molecule has 2 atom stereocenters. The molecule has 2 aromatic carbocycles. The standard InChI is InChI=1S/C18H15N3O6/c22-17-18(10-1-11-27-18)16(12-2-4-14(5-3-12)20(23)24)19(17)13-6-8-15(9-7-13)21(25)26/h2-9,16H,1,10-11H2/t16-,18+/m1/s1. The van der Waals surface area contributed by atoms with E-state index in [4.69, 9.17) is 4.74 Å². The van der Waals surface area contributed by atoms with E-state index in [-0.39, 0.29) is 17.3 Å². The van der Waals surface area contributed by atoms with Gasteiger partial charge in [-0.15, -0.1) is 0 Å². The zero-order chi connectivity index (χ0) is 19.2. The summed E-state index contributed by atoms with van der Waals surface area (Å²) in [6.45, 7) is 0.476. The van der Waals surface area contributed by atoms with E-state index in [2.05, 4.69) is 0 Å². The van der Waals surface area contributed by atoms with E-state index in [0.717, 1.165) is 12.0 Å². The number of benzene rings is 2. The first-order valence-electron chi connectivity index (χ1n) is 8.40. The molecule has 0 aliphatic carbocycles. The van der Waals surface area contributed by atoms with Crippen molar-refractivity contribution in [3.8, 4) is 0 Å². The maximum Gasteiger partial charge on any atom is 0.269 e. The average Bonchev–Trinajstić information content (AvgIpc) is 3.18. The third-order valence-corrected chi connectivity index (χ3v) is 5.09. The quantitative estimate of drug-likeness (QED) is 0.464. The van der Waals surface area contributed by atoms with Crippen LogP contribution >= 0.6 is 0 Å². The number of nitrogens with zero attached hydrogens (tertiary/aromatic N) is 3. The van der Waals surface area contributed by atoms with E-state index in [1.807, 2.05) is 0 Å². The van der Waals surface area contributed by atoms with Crippen molar-refractivity contribution < 1.29 is 19.4 Å². The number of ether oxygens (including phenoxy) is 1. The summed E-state index contributed by atoms with van der Waals surface area (Å²) in [4.78, 5) is 35.2. The van der Waals surface area contributed by atoms with Crippen molar-refractivity contribution >= 4 is 23.0 Å². The highest BCUT2D eigenvalue weighted by Crippen LogP contribution is 2.53. The van der Waals surface area contributed by atoms with Crippen LogP contribution in [0.3, 0.4) is 0 Å². The molecule has 2 heterocycles. The van der Waals surface area contributed by atoms with Crippen molar-refractivity contribution in [2.75, 3.05) is 11.5 Å². The Hall–Kier alpha value is -3.33. The molecule has 0 N–H and O–H groups in total. The second kappa shape index (κ2) is 6.13. The molecule has 1 amide bonds. The Bertz CT molecular complexity index is 919. The lowest BCUT2D eigenvalue weighted by atomic mass is 9.75. The van der Waals surface area contributed by atoms with Gasteiger partial charge in [-0.25, -0.2) is 0 Å². The van der Waals surface area contributed by atoms with Gasteiger partial charge in [0.25, 0.3) is 17.3 Å². The van der Waals surface area contributed by atoms with E-state index < -0.39 is 21.5 Å². The van der Waals surface area contributed by atoms with Crippen molar-refractivity contribution in [3.63, 3.8) is 0 Å². The van der Waals surface area contributed by atoms with Crippen molar-refractivity contribution in [3.05, 3.63) is 74.3 Å². The van der Waals surface area contributed by atoms with Gasteiger partial charge < -0.3 is 4.74 Å². The number of hydrogen-bond donors (Lipinski definition) is 0. The smallest absolute Gasteiger partial charge is 0.269 e. The van der Waals surface area contributed by atoms with Gasteiger partial charge in [-0.2, -0.15) is 0 Å². The van der Waals surface area contributed by atoms with Crippen molar-refractivity contribution in [2.45, 2.75) is 24.5 Å². The van der Waals surface area contributed by atoms with E-state index in [0.29, 0.717) is 18.7 Å². The third-order valence-electron chi connectivity index (χ3n) is 5.09. The summed E-state index contributed by atoms with van der Waals surface area (Å²) in [5.41, 5.74) is 0.173. The Morgan fingerprint density at radius 3 is 2.00 bits per heavy atom. The summed E-state index contributed by atoms with van der Waals surface area (Å²) in [5.74, 6) is -0.197. The second-order valence-corrected chi connectivity index (χ2v) is 6.54. The minimum absolute atomic E-state index is 0.0346. The number of nitro groups is 2. The molecular weight excluding hydrogens is 354 g/mol. The Balaban J connectivity index is 1.72. The predicted molar refractivity (Wildman–Crippen MR) is 94.3 cm³/mol. The molecule has 0 bridgehead atoms. The van der Waals surface area contributed by atoms with E-state index in [1.54, 1.807) is 12.1 Å². The van der Waals surface area contributed by atoms with Crippen LogP contribution in [-0.2, 0) is 9.53 Å². The normalized spacial score (nSPS) is 24.1. The van der Waals surface area contributed by atoms with Gasteiger partial charge in [0.05, 0.1) is 9.85 Å². The van der Waals surface area contributed by atoms with Crippen LogP contribution in [-0.4, -0.2) is 28.0 Å². The number of rotatable bonds is 4. The van der Waals surface area contributed by atoms with Gasteiger partial charge in [0.1, 0.15) is 6.04 Å². The van der Waals surface area contributed by atoms with Gasteiger partial charge in [0.15, 0.2) is 5.60 Å². The maximum absolute atomic E-state index is 12.9. The number of anilines is 1. The molecule has 0 unspecified atom stereocenters. The van der Waals surface area contributed by atoms with Crippen LogP contribution in [0.1, 0.15) is 24.4 Å². The summed E-state index contributed by atoms with van der Waals surface area (Å²) in [6.07, 6.45) is 1.32. The molecular formula is C18H15N3O6. The zero-order valence-electron chi connectivity index (χ0n) is 14.1. The average molecular weight is 369 g/mol. The maximum atomic E-state index is 12.9. The summed E-state index contributed by atoms with van der Waals surface area (Å²) < 4.78 is 5.81. The second-order valence-electron chi connectivity index (χ2n) is 6.54. The van der Waals surface area contributed by atoms with Gasteiger partial charge in [0.2, 0.25) is 0 Å². The molecule has 1 spiro atoms. The summed E-state index contributed by atoms with van der Waals surface area (Å²) in [5, 5.41) is 21.8. The number of carbonyl (C=O) groups excluding carboxylic acids is 1. The lowest BCUT2D eigenvalue weighted by Gasteiger charge is -2.53. The minimum Gasteiger partial charge on any atom is -0.363 e. The van der Waals surface area contributed by atoms with Gasteiger partial charge in [-0.05, 0) is 42.7 Å². The number of non-ortho nitro benzene ring substituents is 2. The Kier molecular flexibility index (Phi) is 3.88. The largest absolute Gasteiger partial charge is 0.363 e. The first-order chi connectivity index (χ1) is 12.9. The van der Waals surface area contributed by atoms with Crippen LogP contribution in [0.15, 0.2) is 48.5 Å². The lowest BCUT2D eigenvalue weighted by Crippen LogP contribution is -2.68. The molecule has 0 aromatic heterocycles. The first-order valence-corrected chi connectivity index (χ1v) is 8.40. The molecule has 2 saturated heterocycles. The van der Waals surface area contributed by atoms with Crippen LogP contribution in [0, 0.1) is 20.2 Å². The third kappa shape index (κ3) is 2.55. The Morgan fingerprint density at radius 1 is 0.963 bits per heavy atom. The molecule has 9 nitrogen and oxygen atoms in total. The monoisotopic (exact) mass is 369 g/mol.